The maximum absolute atomic E-state index is 6.15. The van der Waals surface area contributed by atoms with Crippen LogP contribution in [0.4, 0.5) is 17.1 Å². The maximum atomic E-state index is 6.15. The molecule has 0 aliphatic carbocycles. The zero-order valence-electron chi connectivity index (χ0n) is 36.6. The van der Waals surface area contributed by atoms with Gasteiger partial charge in [-0.05, 0) is 129 Å². The van der Waals surface area contributed by atoms with E-state index in [0.29, 0.717) is 0 Å². The molecule has 0 aliphatic rings. The number of para-hydroxylation sites is 2. The zero-order chi connectivity index (χ0) is 44.3. The Morgan fingerprint density at radius 1 is 0.269 bits per heavy atom. The number of fused-ring (bicyclic) bond motifs is 7. The van der Waals surface area contributed by atoms with Gasteiger partial charge in [-0.1, -0.05) is 176 Å². The lowest BCUT2D eigenvalue weighted by molar-refractivity contribution is 0.669. The van der Waals surface area contributed by atoms with Crippen LogP contribution >= 0.6 is 0 Å². The Kier molecular flexibility index (Phi) is 9.17. The SMILES string of the molecule is c1ccc(-c2ccc(-c3ccc(N(c4ccc(-c5ccc6oc7ccccc7c6c5)cc4)c4ccc(-c5ccc6c(c5)c5ccccc5n6-c5cccc6ccccc56)cc4)cc3)cc2)cc1. The van der Waals surface area contributed by atoms with Gasteiger partial charge in [0.1, 0.15) is 11.2 Å². The van der Waals surface area contributed by atoms with E-state index in [1.54, 1.807) is 0 Å². The van der Waals surface area contributed by atoms with E-state index in [1.807, 2.05) is 12.1 Å². The van der Waals surface area contributed by atoms with Gasteiger partial charge >= 0.3 is 0 Å². The van der Waals surface area contributed by atoms with E-state index in [-0.39, 0.29) is 0 Å². The van der Waals surface area contributed by atoms with Crippen molar-refractivity contribution >= 4 is 71.6 Å². The largest absolute Gasteiger partial charge is 0.456 e. The van der Waals surface area contributed by atoms with Crippen LogP contribution in [0.2, 0.25) is 0 Å². The van der Waals surface area contributed by atoms with Crippen LogP contribution in [-0.4, -0.2) is 4.57 Å². The van der Waals surface area contributed by atoms with Crippen LogP contribution in [0, 0.1) is 0 Å². The molecular weight excluding hydrogens is 813 g/mol. The first-order valence-corrected chi connectivity index (χ1v) is 22.9. The van der Waals surface area contributed by atoms with E-state index in [1.165, 1.54) is 71.6 Å². The smallest absolute Gasteiger partial charge is 0.135 e. The van der Waals surface area contributed by atoms with Crippen LogP contribution in [0.3, 0.4) is 0 Å². The summed E-state index contributed by atoms with van der Waals surface area (Å²) < 4.78 is 8.57. The standard InChI is InChI=1S/C64H42N2O/c1-2-11-43(12-3-1)44-21-23-45(24-22-44)46-25-33-52(34-26-46)65(54-37-29-48(30-38-54)51-32-40-64-59(42-51)57-17-7-9-20-63(57)67-64)53-35-27-47(28-36-53)50-31-39-62-58(41-50)56-16-6-8-18-61(56)66(62)60-19-10-14-49-13-4-5-15-55(49)60/h1-42H. The molecule has 0 unspecified atom stereocenters. The highest BCUT2D eigenvalue weighted by atomic mass is 16.3. The summed E-state index contributed by atoms with van der Waals surface area (Å²) in [6.45, 7) is 0. The third-order valence-electron chi connectivity index (χ3n) is 13.4. The van der Waals surface area contributed by atoms with Gasteiger partial charge in [0.25, 0.3) is 0 Å². The molecule has 11 aromatic carbocycles. The van der Waals surface area contributed by atoms with Gasteiger partial charge < -0.3 is 13.9 Å². The molecule has 13 aromatic rings. The van der Waals surface area contributed by atoms with Gasteiger partial charge in [0.05, 0.1) is 16.7 Å². The third kappa shape index (κ3) is 6.76. The fourth-order valence-corrected chi connectivity index (χ4v) is 10.1. The van der Waals surface area contributed by atoms with Crippen molar-refractivity contribution in [2.45, 2.75) is 0 Å². The second kappa shape index (κ2) is 16.0. The molecule has 314 valence electrons. The van der Waals surface area contributed by atoms with Crippen molar-refractivity contribution in [3.8, 4) is 50.2 Å². The molecule has 13 rings (SSSR count). The lowest BCUT2D eigenvalue weighted by atomic mass is 9.99. The lowest BCUT2D eigenvalue weighted by Crippen LogP contribution is -2.09. The van der Waals surface area contributed by atoms with Crippen molar-refractivity contribution in [3.05, 3.63) is 255 Å². The number of aromatic nitrogens is 1. The van der Waals surface area contributed by atoms with Crippen molar-refractivity contribution in [1.29, 1.82) is 0 Å². The van der Waals surface area contributed by atoms with Crippen LogP contribution in [0.15, 0.2) is 259 Å². The van der Waals surface area contributed by atoms with E-state index in [2.05, 4.69) is 252 Å². The molecule has 2 heterocycles. The summed E-state index contributed by atoms with van der Waals surface area (Å²) in [5, 5.41) is 7.22. The molecule has 0 fully saturated rings. The molecule has 0 saturated carbocycles. The minimum atomic E-state index is 0.902. The maximum Gasteiger partial charge on any atom is 0.135 e. The fourth-order valence-electron chi connectivity index (χ4n) is 10.1. The summed E-state index contributed by atoms with van der Waals surface area (Å²) >= 11 is 0. The van der Waals surface area contributed by atoms with Crippen molar-refractivity contribution in [1.82, 2.24) is 4.57 Å². The lowest BCUT2D eigenvalue weighted by Gasteiger charge is -2.26. The number of hydrogen-bond acceptors (Lipinski definition) is 2. The summed E-state index contributed by atoms with van der Waals surface area (Å²) in [5.41, 5.74) is 18.1. The predicted molar refractivity (Wildman–Crippen MR) is 282 cm³/mol. The van der Waals surface area contributed by atoms with Crippen LogP contribution in [-0.2, 0) is 0 Å². The second-order valence-corrected chi connectivity index (χ2v) is 17.3. The number of furan rings is 1. The highest BCUT2D eigenvalue weighted by Crippen LogP contribution is 2.41. The molecule has 3 nitrogen and oxygen atoms in total. The molecule has 0 spiro atoms. The van der Waals surface area contributed by atoms with Gasteiger partial charge in [0.2, 0.25) is 0 Å². The van der Waals surface area contributed by atoms with Crippen molar-refractivity contribution in [3.63, 3.8) is 0 Å². The van der Waals surface area contributed by atoms with Crippen LogP contribution in [0.1, 0.15) is 0 Å². The predicted octanol–water partition coefficient (Wildman–Crippen LogP) is 18.0. The van der Waals surface area contributed by atoms with Crippen molar-refractivity contribution in [2.75, 3.05) is 4.90 Å². The molecule has 67 heavy (non-hydrogen) atoms. The Morgan fingerprint density at radius 3 is 1.36 bits per heavy atom. The monoisotopic (exact) mass is 854 g/mol. The number of nitrogens with zero attached hydrogens (tertiary/aromatic N) is 2. The molecule has 0 N–H and O–H groups in total. The van der Waals surface area contributed by atoms with Gasteiger partial charge in [-0.25, -0.2) is 0 Å². The van der Waals surface area contributed by atoms with Crippen LogP contribution < -0.4 is 4.90 Å². The third-order valence-corrected chi connectivity index (χ3v) is 13.4. The molecule has 0 radical (unpaired) electrons. The van der Waals surface area contributed by atoms with Gasteiger partial charge in [-0.15, -0.1) is 0 Å². The Labute approximate surface area is 388 Å². The summed E-state index contributed by atoms with van der Waals surface area (Å²) in [6, 6.07) is 91.9. The van der Waals surface area contributed by atoms with Gasteiger partial charge in [0, 0.05) is 44.0 Å². The summed E-state index contributed by atoms with van der Waals surface area (Å²) in [7, 11) is 0. The minimum Gasteiger partial charge on any atom is -0.456 e. The molecular formula is C64H42N2O. The molecule has 0 saturated heterocycles. The summed E-state index contributed by atoms with van der Waals surface area (Å²) in [6.07, 6.45) is 0. The Balaban J connectivity index is 0.868. The molecule has 0 atom stereocenters. The highest BCUT2D eigenvalue weighted by Gasteiger charge is 2.18. The second-order valence-electron chi connectivity index (χ2n) is 17.3. The minimum absolute atomic E-state index is 0.902. The molecule has 0 bridgehead atoms. The number of rotatable bonds is 8. The molecule has 3 heteroatoms. The first-order chi connectivity index (χ1) is 33.2. The van der Waals surface area contributed by atoms with E-state index in [4.69, 9.17) is 4.42 Å². The van der Waals surface area contributed by atoms with Crippen molar-refractivity contribution < 1.29 is 4.42 Å². The van der Waals surface area contributed by atoms with Crippen molar-refractivity contribution in [2.24, 2.45) is 0 Å². The van der Waals surface area contributed by atoms with E-state index in [0.717, 1.165) is 50.1 Å². The van der Waals surface area contributed by atoms with E-state index >= 15 is 0 Å². The Bertz CT molecular complexity index is 3930. The average Bonchev–Trinajstić information content (AvgIpc) is 3.94. The summed E-state index contributed by atoms with van der Waals surface area (Å²) in [5.74, 6) is 0. The quantitative estimate of drug-likeness (QED) is 0.152. The molecule has 0 aliphatic heterocycles. The van der Waals surface area contributed by atoms with E-state index < -0.39 is 0 Å². The first kappa shape index (κ1) is 38.5. The zero-order valence-corrected chi connectivity index (χ0v) is 36.6. The number of hydrogen-bond donors (Lipinski definition) is 0. The van der Waals surface area contributed by atoms with Crippen LogP contribution in [0.25, 0.3) is 105 Å². The van der Waals surface area contributed by atoms with Gasteiger partial charge in [0.15, 0.2) is 0 Å². The first-order valence-electron chi connectivity index (χ1n) is 22.9. The number of anilines is 3. The summed E-state index contributed by atoms with van der Waals surface area (Å²) in [4.78, 5) is 2.35. The molecule has 2 aromatic heterocycles. The molecule has 0 amide bonds. The highest BCUT2D eigenvalue weighted by molar-refractivity contribution is 6.12. The van der Waals surface area contributed by atoms with E-state index in [9.17, 15) is 0 Å². The Hall–Kier alpha value is -8.92. The average molecular weight is 855 g/mol. The fraction of sp³-hybridized carbons (Fsp3) is 0. The van der Waals surface area contributed by atoms with Crippen LogP contribution in [0.5, 0.6) is 0 Å². The topological polar surface area (TPSA) is 21.3 Å². The normalized spacial score (nSPS) is 11.6. The van der Waals surface area contributed by atoms with Gasteiger partial charge in [-0.2, -0.15) is 0 Å². The number of benzene rings is 11. The van der Waals surface area contributed by atoms with Gasteiger partial charge in [-0.3, -0.25) is 0 Å². The Morgan fingerprint density at radius 2 is 0.701 bits per heavy atom.